The van der Waals surface area contributed by atoms with E-state index in [0.29, 0.717) is 18.3 Å². The van der Waals surface area contributed by atoms with E-state index >= 15 is 0 Å². The summed E-state index contributed by atoms with van der Waals surface area (Å²) in [5.41, 5.74) is 0. The van der Waals surface area contributed by atoms with Crippen molar-refractivity contribution in [3.63, 3.8) is 0 Å². The van der Waals surface area contributed by atoms with E-state index in [0.717, 1.165) is 19.4 Å². The predicted molar refractivity (Wildman–Crippen MR) is 46.6 cm³/mol. The van der Waals surface area contributed by atoms with Crippen LogP contribution in [-0.4, -0.2) is 24.2 Å². The van der Waals surface area contributed by atoms with Crippen LogP contribution in [0.4, 0.5) is 0 Å². The summed E-state index contributed by atoms with van der Waals surface area (Å²) in [4.78, 5) is 11.0. The van der Waals surface area contributed by atoms with Gasteiger partial charge in [0.25, 0.3) is 0 Å². The molecule has 12 heavy (non-hydrogen) atoms. The lowest BCUT2D eigenvalue weighted by Crippen LogP contribution is -2.40. The van der Waals surface area contributed by atoms with Crippen molar-refractivity contribution in [3.8, 4) is 0 Å². The Morgan fingerprint density at radius 1 is 1.58 bits per heavy atom. The van der Waals surface area contributed by atoms with Crippen molar-refractivity contribution in [2.24, 2.45) is 11.8 Å². The Labute approximate surface area is 73.2 Å². The molecule has 0 saturated carbocycles. The van der Waals surface area contributed by atoms with Crippen molar-refractivity contribution >= 4 is 5.91 Å². The molecule has 2 N–H and O–H groups in total. The monoisotopic (exact) mass is 171 g/mol. The molecule has 1 aliphatic heterocycles. The number of hydrogen-bond donors (Lipinski definition) is 2. The molecule has 0 aromatic rings. The van der Waals surface area contributed by atoms with Crippen molar-refractivity contribution < 1.29 is 9.90 Å². The zero-order valence-electron chi connectivity index (χ0n) is 7.55. The Morgan fingerprint density at radius 3 is 2.92 bits per heavy atom. The summed E-state index contributed by atoms with van der Waals surface area (Å²) in [6.45, 7) is 3.13. The molecule has 0 aliphatic carbocycles. The fourth-order valence-electron chi connectivity index (χ4n) is 1.87. The van der Waals surface area contributed by atoms with E-state index in [1.807, 2.05) is 0 Å². The third-order valence-electron chi connectivity index (χ3n) is 2.70. The number of piperidine rings is 1. The Morgan fingerprint density at radius 2 is 2.33 bits per heavy atom. The van der Waals surface area contributed by atoms with Crippen LogP contribution in [0.1, 0.15) is 26.2 Å². The van der Waals surface area contributed by atoms with Gasteiger partial charge in [0.1, 0.15) is 0 Å². The molecule has 0 spiro atoms. The van der Waals surface area contributed by atoms with E-state index in [1.165, 1.54) is 0 Å². The Balaban J connectivity index is 2.45. The van der Waals surface area contributed by atoms with Crippen LogP contribution in [0.2, 0.25) is 0 Å². The quantitative estimate of drug-likeness (QED) is 0.650. The molecule has 1 fully saturated rings. The molecular weight excluding hydrogens is 154 g/mol. The molecular formula is C9H17NO2. The number of carbonyl (C=O) groups is 1. The molecule has 3 nitrogen and oxygen atoms in total. The Kier molecular flexibility index (Phi) is 3.53. The molecule has 1 aliphatic rings. The molecule has 0 aromatic carbocycles. The SMILES string of the molecule is CC[C@H]1CNC(=O)C[C@H]1CCO. The van der Waals surface area contributed by atoms with Crippen LogP contribution < -0.4 is 5.32 Å². The average Bonchev–Trinajstić information content (AvgIpc) is 2.05. The van der Waals surface area contributed by atoms with Gasteiger partial charge in [0.05, 0.1) is 0 Å². The summed E-state index contributed by atoms with van der Waals surface area (Å²) in [6.07, 6.45) is 2.45. The van der Waals surface area contributed by atoms with Gasteiger partial charge in [-0.05, 0) is 18.3 Å². The Bertz CT molecular complexity index is 159. The van der Waals surface area contributed by atoms with Crippen LogP contribution >= 0.6 is 0 Å². The fourth-order valence-corrected chi connectivity index (χ4v) is 1.87. The van der Waals surface area contributed by atoms with Gasteiger partial charge in [0.2, 0.25) is 5.91 Å². The minimum Gasteiger partial charge on any atom is -0.396 e. The summed E-state index contributed by atoms with van der Waals surface area (Å²) in [5, 5.41) is 11.6. The van der Waals surface area contributed by atoms with Crippen LogP contribution in [0.15, 0.2) is 0 Å². The number of rotatable bonds is 3. The number of amides is 1. The second-order valence-corrected chi connectivity index (χ2v) is 3.45. The zero-order valence-corrected chi connectivity index (χ0v) is 7.55. The summed E-state index contributed by atoms with van der Waals surface area (Å²) < 4.78 is 0. The van der Waals surface area contributed by atoms with E-state index in [4.69, 9.17) is 5.11 Å². The van der Waals surface area contributed by atoms with Crippen LogP contribution in [0, 0.1) is 11.8 Å². The summed E-state index contributed by atoms with van der Waals surface area (Å²) in [6, 6.07) is 0. The first-order valence-electron chi connectivity index (χ1n) is 4.65. The second-order valence-electron chi connectivity index (χ2n) is 3.45. The minimum absolute atomic E-state index is 0.137. The van der Waals surface area contributed by atoms with Gasteiger partial charge in [-0.3, -0.25) is 4.79 Å². The van der Waals surface area contributed by atoms with Crippen molar-refractivity contribution in [1.29, 1.82) is 0 Å². The molecule has 2 atom stereocenters. The molecule has 1 saturated heterocycles. The van der Waals surface area contributed by atoms with E-state index < -0.39 is 0 Å². The summed E-state index contributed by atoms with van der Waals surface area (Å²) in [5.74, 6) is 1.10. The van der Waals surface area contributed by atoms with E-state index in [2.05, 4.69) is 12.2 Å². The molecule has 0 unspecified atom stereocenters. The van der Waals surface area contributed by atoms with E-state index in [-0.39, 0.29) is 12.5 Å². The number of aliphatic hydroxyl groups is 1. The maximum atomic E-state index is 11.0. The highest BCUT2D eigenvalue weighted by Crippen LogP contribution is 2.25. The first kappa shape index (κ1) is 9.52. The van der Waals surface area contributed by atoms with Gasteiger partial charge in [-0.1, -0.05) is 13.3 Å². The lowest BCUT2D eigenvalue weighted by Gasteiger charge is -2.30. The number of carbonyl (C=O) groups excluding carboxylic acids is 1. The fraction of sp³-hybridized carbons (Fsp3) is 0.889. The highest BCUT2D eigenvalue weighted by atomic mass is 16.3. The first-order chi connectivity index (χ1) is 5.77. The summed E-state index contributed by atoms with van der Waals surface area (Å²) >= 11 is 0. The standard InChI is InChI=1S/C9H17NO2/c1-2-7-6-10-9(12)5-8(7)3-4-11/h7-8,11H,2-6H2,1H3,(H,10,12)/t7-,8+/m0/s1. The molecule has 1 heterocycles. The third kappa shape index (κ3) is 2.21. The number of hydrogen-bond acceptors (Lipinski definition) is 2. The maximum Gasteiger partial charge on any atom is 0.220 e. The van der Waals surface area contributed by atoms with Crippen LogP contribution in [0.3, 0.4) is 0 Å². The molecule has 1 amide bonds. The topological polar surface area (TPSA) is 49.3 Å². The van der Waals surface area contributed by atoms with Crippen molar-refractivity contribution in [2.45, 2.75) is 26.2 Å². The van der Waals surface area contributed by atoms with Crippen LogP contribution in [0.5, 0.6) is 0 Å². The lowest BCUT2D eigenvalue weighted by molar-refractivity contribution is -0.124. The largest absolute Gasteiger partial charge is 0.396 e. The van der Waals surface area contributed by atoms with Gasteiger partial charge in [-0.25, -0.2) is 0 Å². The number of nitrogens with one attached hydrogen (secondary N) is 1. The van der Waals surface area contributed by atoms with Crippen molar-refractivity contribution in [2.75, 3.05) is 13.2 Å². The molecule has 70 valence electrons. The molecule has 1 rings (SSSR count). The minimum atomic E-state index is 0.137. The van der Waals surface area contributed by atoms with Crippen molar-refractivity contribution in [3.05, 3.63) is 0 Å². The van der Waals surface area contributed by atoms with Gasteiger partial charge in [-0.2, -0.15) is 0 Å². The second kappa shape index (κ2) is 4.45. The lowest BCUT2D eigenvalue weighted by atomic mass is 9.82. The highest BCUT2D eigenvalue weighted by molar-refractivity contribution is 5.76. The molecule has 0 radical (unpaired) electrons. The predicted octanol–water partition coefficient (Wildman–Crippen LogP) is 0.531. The zero-order chi connectivity index (χ0) is 8.97. The van der Waals surface area contributed by atoms with E-state index in [1.54, 1.807) is 0 Å². The van der Waals surface area contributed by atoms with Gasteiger partial charge < -0.3 is 10.4 Å². The number of aliphatic hydroxyl groups excluding tert-OH is 1. The molecule has 0 bridgehead atoms. The molecule has 3 heteroatoms. The van der Waals surface area contributed by atoms with E-state index in [9.17, 15) is 4.79 Å². The highest BCUT2D eigenvalue weighted by Gasteiger charge is 2.26. The normalized spacial score (nSPS) is 30.0. The third-order valence-corrected chi connectivity index (χ3v) is 2.70. The van der Waals surface area contributed by atoms with Gasteiger partial charge in [0, 0.05) is 19.6 Å². The van der Waals surface area contributed by atoms with Gasteiger partial charge in [-0.15, -0.1) is 0 Å². The average molecular weight is 171 g/mol. The van der Waals surface area contributed by atoms with Crippen LogP contribution in [-0.2, 0) is 4.79 Å². The van der Waals surface area contributed by atoms with Gasteiger partial charge in [0.15, 0.2) is 0 Å². The maximum absolute atomic E-state index is 11.0. The first-order valence-corrected chi connectivity index (χ1v) is 4.65. The van der Waals surface area contributed by atoms with Crippen LogP contribution in [0.25, 0.3) is 0 Å². The summed E-state index contributed by atoms with van der Waals surface area (Å²) in [7, 11) is 0. The smallest absolute Gasteiger partial charge is 0.220 e. The Hall–Kier alpha value is -0.570. The van der Waals surface area contributed by atoms with Crippen molar-refractivity contribution in [1.82, 2.24) is 5.32 Å². The van der Waals surface area contributed by atoms with Gasteiger partial charge >= 0.3 is 0 Å². The molecule has 0 aromatic heterocycles.